The molecule has 1 aliphatic rings. The zero-order valence-electron chi connectivity index (χ0n) is 20.6. The van der Waals surface area contributed by atoms with Gasteiger partial charge in [0.15, 0.2) is 5.96 Å². The quantitative estimate of drug-likeness (QED) is 0.223. The Morgan fingerprint density at radius 2 is 1.88 bits per heavy atom. The maximum absolute atomic E-state index is 11.9. The minimum atomic E-state index is -0.386. The minimum Gasteiger partial charge on any atom is -0.497 e. The van der Waals surface area contributed by atoms with Crippen LogP contribution in [0.2, 0.25) is 0 Å². The van der Waals surface area contributed by atoms with Crippen LogP contribution in [0.4, 0.5) is 10.5 Å². The fourth-order valence-electron chi connectivity index (χ4n) is 3.80. The van der Waals surface area contributed by atoms with Crippen LogP contribution in [-0.4, -0.2) is 71.6 Å². The first-order valence-corrected chi connectivity index (χ1v) is 11.3. The van der Waals surface area contributed by atoms with Crippen LogP contribution < -0.4 is 30.3 Å². The number of nitrogens with zero attached hydrogens (tertiary/aromatic N) is 2. The zero-order chi connectivity index (χ0) is 23.5. The summed E-state index contributed by atoms with van der Waals surface area (Å²) in [6.45, 7) is 8.75. The van der Waals surface area contributed by atoms with Gasteiger partial charge in [0.25, 0.3) is 0 Å². The second-order valence-electron chi connectivity index (χ2n) is 8.29. The van der Waals surface area contributed by atoms with E-state index in [2.05, 4.69) is 39.7 Å². The van der Waals surface area contributed by atoms with Gasteiger partial charge in [-0.25, -0.2) is 4.79 Å². The van der Waals surface area contributed by atoms with Crippen molar-refractivity contribution in [2.24, 2.45) is 10.9 Å². The first kappa shape index (κ1) is 28.9. The first-order chi connectivity index (χ1) is 15.4. The van der Waals surface area contributed by atoms with Gasteiger partial charge in [-0.15, -0.1) is 24.0 Å². The molecule has 9 nitrogen and oxygen atoms in total. The Bertz CT molecular complexity index is 740. The fraction of sp³-hybridized carbons (Fsp3) is 0.652. The maximum atomic E-state index is 11.9. The highest BCUT2D eigenvalue weighted by atomic mass is 127. The van der Waals surface area contributed by atoms with Crippen molar-refractivity contribution >= 4 is 41.7 Å². The largest absolute Gasteiger partial charge is 0.497 e. The van der Waals surface area contributed by atoms with Crippen molar-refractivity contribution in [1.82, 2.24) is 16.0 Å². The summed E-state index contributed by atoms with van der Waals surface area (Å²) in [5.74, 6) is 2.72. The molecule has 2 unspecified atom stereocenters. The van der Waals surface area contributed by atoms with E-state index < -0.39 is 0 Å². The van der Waals surface area contributed by atoms with Crippen LogP contribution in [0.1, 0.15) is 33.6 Å². The molecular weight excluding hydrogens is 537 g/mol. The summed E-state index contributed by atoms with van der Waals surface area (Å²) < 4.78 is 15.8. The number of amides is 1. The van der Waals surface area contributed by atoms with E-state index in [9.17, 15) is 4.79 Å². The van der Waals surface area contributed by atoms with Crippen molar-refractivity contribution < 1.29 is 19.0 Å². The SMILES string of the molecule is CCOC(=O)NC(CNC(=NC)NC1CCN(c2cc(OC)cc(OC)c2)C1)CC(C)C.I. The van der Waals surface area contributed by atoms with Gasteiger partial charge in [-0.05, 0) is 25.7 Å². The zero-order valence-corrected chi connectivity index (χ0v) is 23.0. The average Bonchev–Trinajstić information content (AvgIpc) is 3.24. The number of methoxy groups -OCH3 is 2. The molecule has 0 spiro atoms. The summed E-state index contributed by atoms with van der Waals surface area (Å²) >= 11 is 0. The van der Waals surface area contributed by atoms with Gasteiger partial charge in [0.2, 0.25) is 0 Å². The molecule has 1 fully saturated rings. The molecule has 1 aromatic carbocycles. The lowest BCUT2D eigenvalue weighted by atomic mass is 10.0. The number of nitrogens with one attached hydrogen (secondary N) is 3. The Morgan fingerprint density at radius 1 is 1.21 bits per heavy atom. The summed E-state index contributed by atoms with van der Waals surface area (Å²) in [4.78, 5) is 18.5. The van der Waals surface area contributed by atoms with Crippen molar-refractivity contribution in [3.8, 4) is 11.5 Å². The Kier molecular flexibility index (Phi) is 13.1. The van der Waals surface area contributed by atoms with E-state index in [0.29, 0.717) is 19.1 Å². The summed E-state index contributed by atoms with van der Waals surface area (Å²) in [6, 6.07) is 6.13. The Morgan fingerprint density at radius 3 is 2.42 bits per heavy atom. The van der Waals surface area contributed by atoms with Crippen LogP contribution in [0.15, 0.2) is 23.2 Å². The summed E-state index contributed by atoms with van der Waals surface area (Å²) in [7, 11) is 5.07. The number of anilines is 1. The predicted molar refractivity (Wildman–Crippen MR) is 143 cm³/mol. The number of guanidine groups is 1. The molecule has 1 aliphatic heterocycles. The van der Waals surface area contributed by atoms with Crippen molar-refractivity contribution in [3.63, 3.8) is 0 Å². The molecular formula is C23H40IN5O4. The van der Waals surface area contributed by atoms with E-state index in [1.165, 1.54) is 0 Å². The van der Waals surface area contributed by atoms with E-state index in [1.807, 2.05) is 18.2 Å². The lowest BCUT2D eigenvalue weighted by Crippen LogP contribution is -2.50. The molecule has 1 aromatic rings. The molecule has 2 rings (SSSR count). The van der Waals surface area contributed by atoms with Crippen LogP contribution in [0.3, 0.4) is 0 Å². The molecule has 2 atom stereocenters. The van der Waals surface area contributed by atoms with E-state index in [-0.39, 0.29) is 42.2 Å². The van der Waals surface area contributed by atoms with Gasteiger partial charge in [-0.2, -0.15) is 0 Å². The Labute approximate surface area is 215 Å². The van der Waals surface area contributed by atoms with Gasteiger partial charge < -0.3 is 35.1 Å². The van der Waals surface area contributed by atoms with Gasteiger partial charge in [-0.3, -0.25) is 4.99 Å². The van der Waals surface area contributed by atoms with Gasteiger partial charge >= 0.3 is 6.09 Å². The minimum absolute atomic E-state index is 0. The van der Waals surface area contributed by atoms with Crippen molar-refractivity contribution in [3.05, 3.63) is 18.2 Å². The number of hydrogen-bond donors (Lipinski definition) is 3. The molecule has 1 heterocycles. The molecule has 0 saturated carbocycles. The lowest BCUT2D eigenvalue weighted by Gasteiger charge is -2.24. The Hall–Kier alpha value is -2.11. The lowest BCUT2D eigenvalue weighted by molar-refractivity contribution is 0.146. The normalized spacial score (nSPS) is 16.6. The summed E-state index contributed by atoms with van der Waals surface area (Å²) in [5, 5.41) is 9.79. The number of halogens is 1. The molecule has 3 N–H and O–H groups in total. The molecule has 0 radical (unpaired) electrons. The van der Waals surface area contributed by atoms with E-state index in [1.54, 1.807) is 28.2 Å². The third-order valence-corrected chi connectivity index (χ3v) is 5.32. The molecule has 1 saturated heterocycles. The van der Waals surface area contributed by atoms with Crippen LogP contribution in [0.25, 0.3) is 0 Å². The number of benzene rings is 1. The molecule has 0 aliphatic carbocycles. The second kappa shape index (κ2) is 14.9. The monoisotopic (exact) mass is 577 g/mol. The third kappa shape index (κ3) is 9.73. The highest BCUT2D eigenvalue weighted by molar-refractivity contribution is 14.0. The van der Waals surface area contributed by atoms with Crippen molar-refractivity contribution in [2.45, 2.75) is 45.7 Å². The number of carbonyl (C=O) groups excluding carboxylic acids is 1. The Balaban J connectivity index is 0.00000544. The number of ether oxygens (including phenoxy) is 3. The molecule has 33 heavy (non-hydrogen) atoms. The van der Waals surface area contributed by atoms with Crippen molar-refractivity contribution in [1.29, 1.82) is 0 Å². The summed E-state index contributed by atoms with van der Waals surface area (Å²) in [5.41, 5.74) is 1.07. The van der Waals surface area contributed by atoms with E-state index >= 15 is 0 Å². The van der Waals surface area contributed by atoms with Crippen LogP contribution in [0, 0.1) is 5.92 Å². The number of aliphatic imine (C=N–C) groups is 1. The number of alkyl carbamates (subject to hydrolysis) is 1. The highest BCUT2D eigenvalue weighted by Crippen LogP contribution is 2.30. The standard InChI is InChI=1S/C23H39N5O4.HI/c1-7-32-23(29)27-18(10-16(2)3)14-25-22(24-4)26-17-8-9-28(15-17)19-11-20(30-5)13-21(12-19)31-6;/h11-13,16-18H,7-10,14-15H2,1-6H3,(H,27,29)(H2,24,25,26);1H. The molecule has 188 valence electrons. The van der Waals surface area contributed by atoms with E-state index in [4.69, 9.17) is 14.2 Å². The molecule has 10 heteroatoms. The number of hydrogen-bond acceptors (Lipinski definition) is 6. The maximum Gasteiger partial charge on any atom is 0.407 e. The second-order valence-corrected chi connectivity index (χ2v) is 8.29. The van der Waals surface area contributed by atoms with Crippen LogP contribution >= 0.6 is 24.0 Å². The fourth-order valence-corrected chi connectivity index (χ4v) is 3.80. The highest BCUT2D eigenvalue weighted by Gasteiger charge is 2.25. The van der Waals surface area contributed by atoms with Gasteiger partial charge in [0, 0.05) is 62.7 Å². The predicted octanol–water partition coefficient (Wildman–Crippen LogP) is 3.23. The molecule has 0 bridgehead atoms. The first-order valence-electron chi connectivity index (χ1n) is 11.3. The van der Waals surface area contributed by atoms with Gasteiger partial charge in [0.1, 0.15) is 11.5 Å². The van der Waals surface area contributed by atoms with E-state index in [0.717, 1.165) is 49.1 Å². The molecule has 0 aromatic heterocycles. The topological polar surface area (TPSA) is 96.5 Å². The van der Waals surface area contributed by atoms with Crippen LogP contribution in [0.5, 0.6) is 11.5 Å². The summed E-state index contributed by atoms with van der Waals surface area (Å²) in [6.07, 6.45) is 1.44. The smallest absolute Gasteiger partial charge is 0.407 e. The third-order valence-electron chi connectivity index (χ3n) is 5.32. The van der Waals surface area contributed by atoms with Crippen molar-refractivity contribution in [2.75, 3.05) is 52.4 Å². The molecule has 1 amide bonds. The van der Waals surface area contributed by atoms with Gasteiger partial charge in [0.05, 0.1) is 20.8 Å². The number of rotatable bonds is 10. The van der Waals surface area contributed by atoms with Gasteiger partial charge in [-0.1, -0.05) is 13.8 Å². The van der Waals surface area contributed by atoms with Crippen LogP contribution in [-0.2, 0) is 4.74 Å². The average molecular weight is 578 g/mol. The number of carbonyl (C=O) groups is 1.